The molecule has 7 nitrogen and oxygen atoms in total. The smallest absolute Gasteiger partial charge is 0.145 e. The van der Waals surface area contributed by atoms with E-state index in [2.05, 4.69) is 10.4 Å². The minimum atomic E-state index is -0.0755. The number of methoxy groups -OCH3 is 3. The zero-order chi connectivity index (χ0) is 18.7. The Morgan fingerprint density at radius 3 is 2.46 bits per heavy atom. The van der Waals surface area contributed by atoms with Gasteiger partial charge in [0, 0.05) is 25.7 Å². The van der Waals surface area contributed by atoms with Gasteiger partial charge in [-0.3, -0.25) is 4.68 Å². The Kier molecular flexibility index (Phi) is 5.27. The Bertz CT molecular complexity index is 907. The minimum absolute atomic E-state index is 0.0755. The number of anilines is 1. The SMILES string of the molecule is COC[C@H](Nc1cc(C)c2c(OC)ccc(OC)c2n1)c1ccnn1C. The fourth-order valence-corrected chi connectivity index (χ4v) is 3.16. The molecule has 0 aliphatic heterocycles. The minimum Gasteiger partial charge on any atom is -0.496 e. The van der Waals surface area contributed by atoms with Gasteiger partial charge in [-0.25, -0.2) is 4.98 Å². The molecule has 1 N–H and O–H groups in total. The van der Waals surface area contributed by atoms with Crippen molar-refractivity contribution >= 4 is 16.7 Å². The number of benzene rings is 1. The first-order valence-corrected chi connectivity index (χ1v) is 8.34. The third kappa shape index (κ3) is 3.30. The highest BCUT2D eigenvalue weighted by atomic mass is 16.5. The van der Waals surface area contributed by atoms with E-state index in [4.69, 9.17) is 19.2 Å². The van der Waals surface area contributed by atoms with Gasteiger partial charge >= 0.3 is 0 Å². The summed E-state index contributed by atoms with van der Waals surface area (Å²) in [6.45, 7) is 2.53. The molecule has 0 spiro atoms. The number of fused-ring (bicyclic) bond motifs is 1. The van der Waals surface area contributed by atoms with Crippen molar-refractivity contribution in [3.8, 4) is 11.5 Å². The van der Waals surface area contributed by atoms with Crippen LogP contribution in [0, 0.1) is 6.92 Å². The normalized spacial score (nSPS) is 12.2. The van der Waals surface area contributed by atoms with Crippen molar-refractivity contribution in [2.45, 2.75) is 13.0 Å². The lowest BCUT2D eigenvalue weighted by atomic mass is 10.1. The fraction of sp³-hybridized carbons (Fsp3) is 0.368. The molecule has 3 aromatic rings. The van der Waals surface area contributed by atoms with E-state index in [1.165, 1.54) is 0 Å². The number of nitrogens with one attached hydrogen (secondary N) is 1. The van der Waals surface area contributed by atoms with Crippen molar-refractivity contribution in [2.24, 2.45) is 7.05 Å². The number of rotatable bonds is 7. The molecule has 0 aliphatic rings. The summed E-state index contributed by atoms with van der Waals surface area (Å²) in [5.74, 6) is 2.22. The lowest BCUT2D eigenvalue weighted by Gasteiger charge is -2.20. The zero-order valence-electron chi connectivity index (χ0n) is 15.7. The fourth-order valence-electron chi connectivity index (χ4n) is 3.16. The summed E-state index contributed by atoms with van der Waals surface area (Å²) in [7, 11) is 6.89. The van der Waals surface area contributed by atoms with Crippen LogP contribution in [-0.2, 0) is 11.8 Å². The van der Waals surface area contributed by atoms with Crippen LogP contribution in [0.2, 0.25) is 0 Å². The third-order valence-electron chi connectivity index (χ3n) is 4.39. The number of aryl methyl sites for hydroxylation is 2. The van der Waals surface area contributed by atoms with Gasteiger partial charge in [0.05, 0.1) is 32.6 Å². The van der Waals surface area contributed by atoms with E-state index in [1.807, 2.05) is 42.9 Å². The van der Waals surface area contributed by atoms with Gasteiger partial charge in [0.2, 0.25) is 0 Å². The third-order valence-corrected chi connectivity index (χ3v) is 4.39. The van der Waals surface area contributed by atoms with E-state index in [0.29, 0.717) is 12.4 Å². The van der Waals surface area contributed by atoms with Crippen LogP contribution >= 0.6 is 0 Å². The predicted molar refractivity (Wildman–Crippen MR) is 101 cm³/mol. The summed E-state index contributed by atoms with van der Waals surface area (Å²) in [6, 6.07) is 7.66. The van der Waals surface area contributed by atoms with E-state index in [0.717, 1.165) is 33.7 Å². The standard InChI is InChI=1S/C19H24N4O3/c1-12-10-17(21-13(11-24-3)14-8-9-20-23(14)2)22-19-16(26-5)7-6-15(25-4)18(12)19/h6-10,13H,11H2,1-5H3,(H,21,22)/t13-/m0/s1. The van der Waals surface area contributed by atoms with E-state index in [-0.39, 0.29) is 6.04 Å². The summed E-state index contributed by atoms with van der Waals surface area (Å²) in [4.78, 5) is 4.78. The first kappa shape index (κ1) is 18.0. The zero-order valence-corrected chi connectivity index (χ0v) is 15.7. The van der Waals surface area contributed by atoms with Crippen LogP contribution in [0.15, 0.2) is 30.5 Å². The van der Waals surface area contributed by atoms with Crippen molar-refractivity contribution in [1.82, 2.24) is 14.8 Å². The Labute approximate surface area is 152 Å². The number of hydrogen-bond acceptors (Lipinski definition) is 6. The number of nitrogens with zero attached hydrogens (tertiary/aromatic N) is 3. The van der Waals surface area contributed by atoms with Crippen molar-refractivity contribution < 1.29 is 14.2 Å². The van der Waals surface area contributed by atoms with Gasteiger partial charge in [-0.1, -0.05) is 0 Å². The van der Waals surface area contributed by atoms with Gasteiger partial charge in [-0.15, -0.1) is 0 Å². The first-order chi connectivity index (χ1) is 12.6. The Balaban J connectivity index is 2.06. The molecule has 0 saturated heterocycles. The number of aromatic nitrogens is 3. The van der Waals surface area contributed by atoms with Gasteiger partial charge in [0.15, 0.2) is 0 Å². The second-order valence-corrected chi connectivity index (χ2v) is 6.05. The maximum atomic E-state index is 5.50. The molecule has 0 fully saturated rings. The molecule has 1 atom stereocenters. The predicted octanol–water partition coefficient (Wildman–Crippen LogP) is 3.09. The lowest BCUT2D eigenvalue weighted by molar-refractivity contribution is 0.184. The summed E-state index contributed by atoms with van der Waals surface area (Å²) in [6.07, 6.45) is 1.77. The monoisotopic (exact) mass is 356 g/mol. The highest BCUT2D eigenvalue weighted by Gasteiger charge is 2.18. The van der Waals surface area contributed by atoms with E-state index >= 15 is 0 Å². The molecule has 0 radical (unpaired) electrons. The Morgan fingerprint density at radius 1 is 1.12 bits per heavy atom. The van der Waals surface area contributed by atoms with Gasteiger partial charge < -0.3 is 19.5 Å². The van der Waals surface area contributed by atoms with Crippen molar-refractivity contribution in [3.63, 3.8) is 0 Å². The molecule has 2 heterocycles. The maximum Gasteiger partial charge on any atom is 0.145 e. The molecule has 0 bridgehead atoms. The van der Waals surface area contributed by atoms with Crippen molar-refractivity contribution in [1.29, 1.82) is 0 Å². The van der Waals surface area contributed by atoms with Gasteiger partial charge in [-0.2, -0.15) is 5.10 Å². The van der Waals surface area contributed by atoms with Crippen LogP contribution in [0.5, 0.6) is 11.5 Å². The largest absolute Gasteiger partial charge is 0.496 e. The van der Waals surface area contributed by atoms with Crippen LogP contribution in [-0.4, -0.2) is 42.7 Å². The average Bonchev–Trinajstić information content (AvgIpc) is 3.06. The second-order valence-electron chi connectivity index (χ2n) is 6.05. The summed E-state index contributed by atoms with van der Waals surface area (Å²) < 4.78 is 18.2. The van der Waals surface area contributed by atoms with Gasteiger partial charge in [0.1, 0.15) is 22.8 Å². The second kappa shape index (κ2) is 7.61. The quantitative estimate of drug-likeness (QED) is 0.701. The van der Waals surface area contributed by atoms with Crippen molar-refractivity contribution in [3.05, 3.63) is 41.7 Å². The highest BCUT2D eigenvalue weighted by Crippen LogP contribution is 2.35. The molecular formula is C19H24N4O3. The maximum absolute atomic E-state index is 5.50. The van der Waals surface area contributed by atoms with E-state index < -0.39 is 0 Å². The van der Waals surface area contributed by atoms with Crippen LogP contribution < -0.4 is 14.8 Å². The molecule has 7 heteroatoms. The first-order valence-electron chi connectivity index (χ1n) is 8.34. The molecule has 138 valence electrons. The van der Waals surface area contributed by atoms with Gasteiger partial charge in [0.25, 0.3) is 0 Å². The molecule has 26 heavy (non-hydrogen) atoms. The molecule has 1 aromatic carbocycles. The Morgan fingerprint density at radius 2 is 1.85 bits per heavy atom. The number of pyridine rings is 1. The Hall–Kier alpha value is -2.80. The lowest BCUT2D eigenvalue weighted by Crippen LogP contribution is -2.20. The summed E-state index contributed by atoms with van der Waals surface area (Å²) in [5.41, 5.74) is 2.83. The van der Waals surface area contributed by atoms with Crippen LogP contribution in [0.4, 0.5) is 5.82 Å². The van der Waals surface area contributed by atoms with Crippen molar-refractivity contribution in [2.75, 3.05) is 33.3 Å². The molecule has 0 amide bonds. The average molecular weight is 356 g/mol. The summed E-state index contributed by atoms with van der Waals surface area (Å²) >= 11 is 0. The number of ether oxygens (including phenoxy) is 3. The molecule has 0 aliphatic carbocycles. The molecule has 2 aromatic heterocycles. The molecule has 3 rings (SSSR count). The van der Waals surface area contributed by atoms with E-state index in [1.54, 1.807) is 27.5 Å². The summed E-state index contributed by atoms with van der Waals surface area (Å²) in [5, 5.41) is 8.64. The number of hydrogen-bond donors (Lipinski definition) is 1. The molecular weight excluding hydrogens is 332 g/mol. The topological polar surface area (TPSA) is 70.4 Å². The highest BCUT2D eigenvalue weighted by molar-refractivity contribution is 5.94. The van der Waals surface area contributed by atoms with Crippen LogP contribution in [0.25, 0.3) is 10.9 Å². The van der Waals surface area contributed by atoms with Gasteiger partial charge in [-0.05, 0) is 36.8 Å². The van der Waals surface area contributed by atoms with Crippen LogP contribution in [0.3, 0.4) is 0 Å². The van der Waals surface area contributed by atoms with Crippen LogP contribution in [0.1, 0.15) is 17.3 Å². The molecule has 0 unspecified atom stereocenters. The molecule has 0 saturated carbocycles. The van der Waals surface area contributed by atoms with E-state index in [9.17, 15) is 0 Å².